The molecule has 1 aromatic carbocycles. The first kappa shape index (κ1) is 16.7. The Kier molecular flexibility index (Phi) is 4.96. The molecule has 0 radical (unpaired) electrons. The highest BCUT2D eigenvalue weighted by Crippen LogP contribution is 2.38. The number of hydrogen-bond acceptors (Lipinski definition) is 4. The Labute approximate surface area is 139 Å². The number of carbonyl (C=O) groups excluding carboxylic acids is 1. The van der Waals surface area contributed by atoms with Crippen LogP contribution in [-0.2, 0) is 14.8 Å². The van der Waals surface area contributed by atoms with E-state index in [-0.39, 0.29) is 24.0 Å². The molecule has 116 valence electrons. The maximum Gasteiger partial charge on any atom is 0.227 e. The summed E-state index contributed by atoms with van der Waals surface area (Å²) >= 11 is 6.77. The highest BCUT2D eigenvalue weighted by molar-refractivity contribution is 9.11. The fraction of sp³-hybridized carbons (Fsp3) is 0.417. The number of amides is 1. The van der Waals surface area contributed by atoms with Crippen molar-refractivity contribution in [2.45, 2.75) is 6.42 Å². The van der Waals surface area contributed by atoms with Gasteiger partial charge in [-0.1, -0.05) is 0 Å². The van der Waals surface area contributed by atoms with Crippen LogP contribution in [0.1, 0.15) is 6.42 Å². The van der Waals surface area contributed by atoms with Gasteiger partial charge in [0.15, 0.2) is 0 Å². The molecule has 0 spiro atoms. The van der Waals surface area contributed by atoms with Crippen molar-refractivity contribution in [2.24, 2.45) is 11.1 Å². The lowest BCUT2D eigenvalue weighted by Crippen LogP contribution is -2.27. The fourth-order valence-corrected chi connectivity index (χ4v) is 4.59. The van der Waals surface area contributed by atoms with Crippen molar-refractivity contribution in [3.63, 3.8) is 0 Å². The summed E-state index contributed by atoms with van der Waals surface area (Å²) in [6.07, 6.45) is 0.168. The summed E-state index contributed by atoms with van der Waals surface area (Å²) < 4.78 is 29.0. The number of methoxy groups -OCH3 is 1. The highest BCUT2D eigenvalue weighted by Gasteiger charge is 2.34. The van der Waals surface area contributed by atoms with E-state index >= 15 is 0 Å². The van der Waals surface area contributed by atoms with Crippen molar-refractivity contribution in [1.82, 2.24) is 0 Å². The van der Waals surface area contributed by atoms with E-state index < -0.39 is 10.0 Å². The standard InChI is InChI=1S/C12H14Br2N2O4S/c1-20-11-4-10(8(13)3-9(11)14)16-5-7(2-12(16)17)6-21(15,18)19/h3-4,7H,2,5-6H2,1H3,(H2,15,18,19). The highest BCUT2D eigenvalue weighted by atomic mass is 79.9. The average Bonchev–Trinajstić information content (AvgIpc) is 2.68. The van der Waals surface area contributed by atoms with E-state index in [0.29, 0.717) is 18.0 Å². The van der Waals surface area contributed by atoms with Gasteiger partial charge in [0.05, 0.1) is 23.0 Å². The van der Waals surface area contributed by atoms with E-state index in [9.17, 15) is 13.2 Å². The number of ether oxygens (including phenoxy) is 1. The summed E-state index contributed by atoms with van der Waals surface area (Å²) in [5.74, 6) is -0.0285. The first-order chi connectivity index (χ1) is 9.71. The summed E-state index contributed by atoms with van der Waals surface area (Å²) in [4.78, 5) is 13.7. The molecular formula is C12H14Br2N2O4S. The number of rotatable bonds is 4. The molecule has 2 rings (SSSR count). The lowest BCUT2D eigenvalue weighted by atomic mass is 10.1. The summed E-state index contributed by atoms with van der Waals surface area (Å²) in [6.45, 7) is 0.318. The molecule has 1 aromatic rings. The van der Waals surface area contributed by atoms with Crippen LogP contribution in [0.2, 0.25) is 0 Å². The Hall–Kier alpha value is -0.640. The van der Waals surface area contributed by atoms with E-state index in [1.54, 1.807) is 17.0 Å². The first-order valence-corrected chi connectivity index (χ1v) is 9.35. The van der Waals surface area contributed by atoms with Gasteiger partial charge >= 0.3 is 0 Å². The van der Waals surface area contributed by atoms with Gasteiger partial charge < -0.3 is 9.64 Å². The van der Waals surface area contributed by atoms with Gasteiger partial charge in [-0.2, -0.15) is 0 Å². The van der Waals surface area contributed by atoms with Gasteiger partial charge in [0.1, 0.15) is 5.75 Å². The Bertz CT molecular complexity index is 678. The number of hydrogen-bond donors (Lipinski definition) is 1. The molecule has 1 unspecified atom stereocenters. The third kappa shape index (κ3) is 3.97. The van der Waals surface area contributed by atoms with E-state index in [1.165, 1.54) is 7.11 Å². The molecule has 21 heavy (non-hydrogen) atoms. The topological polar surface area (TPSA) is 89.7 Å². The van der Waals surface area contributed by atoms with Crippen molar-refractivity contribution in [1.29, 1.82) is 0 Å². The zero-order valence-corrected chi connectivity index (χ0v) is 15.2. The molecule has 1 fully saturated rings. The Morgan fingerprint density at radius 2 is 2.05 bits per heavy atom. The number of halogens is 2. The van der Waals surface area contributed by atoms with Crippen LogP contribution in [-0.4, -0.2) is 33.7 Å². The Morgan fingerprint density at radius 3 is 2.62 bits per heavy atom. The van der Waals surface area contributed by atoms with E-state index in [1.807, 2.05) is 0 Å². The normalized spacial score (nSPS) is 19.1. The Morgan fingerprint density at radius 1 is 1.38 bits per heavy atom. The van der Waals surface area contributed by atoms with E-state index in [4.69, 9.17) is 9.88 Å². The molecule has 1 saturated heterocycles. The van der Waals surface area contributed by atoms with Gasteiger partial charge in [-0.05, 0) is 37.9 Å². The fourth-order valence-electron chi connectivity index (χ4n) is 2.34. The monoisotopic (exact) mass is 440 g/mol. The minimum absolute atomic E-state index is 0.131. The quantitative estimate of drug-likeness (QED) is 0.772. The second kappa shape index (κ2) is 6.23. The van der Waals surface area contributed by atoms with Gasteiger partial charge in [-0.25, -0.2) is 13.6 Å². The van der Waals surface area contributed by atoms with Crippen LogP contribution in [0.15, 0.2) is 21.1 Å². The van der Waals surface area contributed by atoms with Gasteiger partial charge in [-0.15, -0.1) is 0 Å². The molecule has 2 N–H and O–H groups in total. The predicted molar refractivity (Wildman–Crippen MR) is 86.8 cm³/mol. The molecule has 0 bridgehead atoms. The molecule has 0 saturated carbocycles. The second-order valence-corrected chi connectivity index (χ2v) is 8.21. The van der Waals surface area contributed by atoms with Gasteiger partial charge in [0, 0.05) is 29.4 Å². The number of anilines is 1. The van der Waals surface area contributed by atoms with Gasteiger partial charge in [-0.3, -0.25) is 4.79 Å². The Balaban J connectivity index is 2.29. The first-order valence-electron chi connectivity index (χ1n) is 6.05. The minimum Gasteiger partial charge on any atom is -0.495 e. The average molecular weight is 442 g/mol. The van der Waals surface area contributed by atoms with Crippen molar-refractivity contribution in [3.05, 3.63) is 21.1 Å². The minimum atomic E-state index is -3.59. The van der Waals surface area contributed by atoms with Crippen LogP contribution in [0, 0.1) is 5.92 Å². The molecule has 9 heteroatoms. The largest absolute Gasteiger partial charge is 0.495 e. The molecule has 6 nitrogen and oxygen atoms in total. The van der Waals surface area contributed by atoms with Crippen molar-refractivity contribution >= 4 is 53.5 Å². The van der Waals surface area contributed by atoms with Gasteiger partial charge in [0.2, 0.25) is 15.9 Å². The summed E-state index contributed by atoms with van der Waals surface area (Å²) in [6, 6.07) is 3.51. The molecular weight excluding hydrogens is 428 g/mol. The van der Waals surface area contributed by atoms with Crippen LogP contribution >= 0.6 is 31.9 Å². The third-order valence-electron chi connectivity index (χ3n) is 3.19. The predicted octanol–water partition coefficient (Wildman–Crippen LogP) is 1.86. The molecule has 1 aliphatic rings. The van der Waals surface area contributed by atoms with E-state index in [2.05, 4.69) is 31.9 Å². The number of benzene rings is 1. The molecule has 1 heterocycles. The second-order valence-electron chi connectivity index (χ2n) is 4.84. The lowest BCUT2D eigenvalue weighted by Gasteiger charge is -2.20. The summed E-state index contributed by atoms with van der Waals surface area (Å²) in [7, 11) is -2.05. The summed E-state index contributed by atoms with van der Waals surface area (Å²) in [5, 5.41) is 5.05. The summed E-state index contributed by atoms with van der Waals surface area (Å²) in [5.41, 5.74) is 0.650. The van der Waals surface area contributed by atoms with Crippen molar-refractivity contribution in [3.8, 4) is 5.75 Å². The molecule has 0 aromatic heterocycles. The zero-order chi connectivity index (χ0) is 15.8. The molecule has 1 atom stereocenters. The SMILES string of the molecule is COc1cc(N2CC(CS(N)(=O)=O)CC2=O)c(Br)cc1Br. The number of sulfonamides is 1. The zero-order valence-electron chi connectivity index (χ0n) is 11.2. The maximum atomic E-state index is 12.1. The van der Waals surface area contributed by atoms with Crippen LogP contribution in [0.4, 0.5) is 5.69 Å². The van der Waals surface area contributed by atoms with Crippen LogP contribution < -0.4 is 14.8 Å². The number of carbonyl (C=O) groups is 1. The van der Waals surface area contributed by atoms with Crippen LogP contribution in [0.3, 0.4) is 0 Å². The lowest BCUT2D eigenvalue weighted by molar-refractivity contribution is -0.117. The molecule has 0 aliphatic carbocycles. The van der Waals surface area contributed by atoms with Crippen LogP contribution in [0.5, 0.6) is 5.75 Å². The van der Waals surface area contributed by atoms with Gasteiger partial charge in [0.25, 0.3) is 0 Å². The smallest absolute Gasteiger partial charge is 0.227 e. The van der Waals surface area contributed by atoms with Crippen LogP contribution in [0.25, 0.3) is 0 Å². The number of nitrogens with zero attached hydrogens (tertiary/aromatic N) is 1. The molecule has 1 aliphatic heterocycles. The van der Waals surface area contributed by atoms with E-state index in [0.717, 1.165) is 8.95 Å². The number of primary sulfonamides is 1. The van der Waals surface area contributed by atoms with Crippen molar-refractivity contribution < 1.29 is 17.9 Å². The molecule has 1 amide bonds. The maximum absolute atomic E-state index is 12.1. The third-order valence-corrected chi connectivity index (χ3v) is 5.38. The number of nitrogens with two attached hydrogens (primary N) is 1. The van der Waals surface area contributed by atoms with Crippen molar-refractivity contribution in [2.75, 3.05) is 24.3 Å².